The fraction of sp³-hybridized carbons (Fsp3) is 0.462. The highest BCUT2D eigenvalue weighted by molar-refractivity contribution is 5.64. The van der Waals surface area contributed by atoms with Gasteiger partial charge >= 0.3 is 6.09 Å². The monoisotopic (exact) mass is 254 g/mol. The van der Waals surface area contributed by atoms with Crippen molar-refractivity contribution in [2.45, 2.75) is 12.8 Å². The first kappa shape index (κ1) is 16.2. The molecule has 3 N–H and O–H groups in total. The van der Waals surface area contributed by atoms with Gasteiger partial charge in [0.25, 0.3) is 0 Å². The molecule has 0 fully saturated rings. The molecule has 0 saturated heterocycles. The van der Waals surface area contributed by atoms with E-state index in [2.05, 4.69) is 27.5 Å². The molecule has 5 heteroatoms. The van der Waals surface area contributed by atoms with Gasteiger partial charge in [0.15, 0.2) is 0 Å². The molecule has 1 aromatic rings. The van der Waals surface area contributed by atoms with Crippen LogP contribution >= 0.6 is 0 Å². The van der Waals surface area contributed by atoms with Crippen molar-refractivity contribution < 1.29 is 14.6 Å². The largest absolute Gasteiger partial charge is 0.453 e. The number of rotatable bonds is 4. The minimum absolute atomic E-state index is 0.266. The summed E-state index contributed by atoms with van der Waals surface area (Å²) in [6, 6.07) is 8.30. The molecule has 1 amide bonds. The summed E-state index contributed by atoms with van der Waals surface area (Å²) < 4.78 is 3.89. The third-order valence-corrected chi connectivity index (χ3v) is 2.28. The van der Waals surface area contributed by atoms with Gasteiger partial charge in [-0.1, -0.05) is 18.2 Å². The summed E-state index contributed by atoms with van der Waals surface area (Å²) in [4.78, 5) is 11.5. The minimum Gasteiger partial charge on any atom is -0.453 e. The number of nitrogens with two attached hydrogens (primary N) is 1. The minimum atomic E-state index is -0.745. The highest BCUT2D eigenvalue weighted by atomic mass is 16.5. The summed E-state index contributed by atoms with van der Waals surface area (Å²) in [7, 11) is 5.30. The van der Waals surface area contributed by atoms with Crippen LogP contribution in [0.1, 0.15) is 12.0 Å². The Hall–Kier alpha value is -1.75. The lowest BCUT2D eigenvalue weighted by atomic mass is 10.1. The van der Waals surface area contributed by atoms with Gasteiger partial charge in [-0.3, -0.25) is 0 Å². The van der Waals surface area contributed by atoms with E-state index in [9.17, 15) is 4.79 Å². The van der Waals surface area contributed by atoms with Gasteiger partial charge in [-0.05, 0) is 24.5 Å². The molecule has 1 rings (SSSR count). The maximum absolute atomic E-state index is 9.37. The second-order valence-corrected chi connectivity index (χ2v) is 3.87. The summed E-state index contributed by atoms with van der Waals surface area (Å²) >= 11 is 0. The molecule has 18 heavy (non-hydrogen) atoms. The summed E-state index contributed by atoms with van der Waals surface area (Å²) in [5.41, 5.74) is 6.98. The molecule has 0 spiro atoms. The van der Waals surface area contributed by atoms with Crippen molar-refractivity contribution in [1.82, 2.24) is 0 Å². The molecule has 0 heterocycles. The molecular weight excluding hydrogens is 232 g/mol. The van der Waals surface area contributed by atoms with E-state index < -0.39 is 6.09 Å². The molecule has 0 aliphatic rings. The lowest BCUT2D eigenvalue weighted by Crippen LogP contribution is -2.11. The second kappa shape index (κ2) is 9.30. The number of ether oxygens (including phenoxy) is 1. The molecule has 0 atom stereocenters. The summed E-state index contributed by atoms with van der Waals surface area (Å²) in [6.07, 6.45) is 1.04. The predicted octanol–water partition coefficient (Wildman–Crippen LogP) is 1.39. The van der Waals surface area contributed by atoms with Crippen molar-refractivity contribution in [3.8, 4) is 0 Å². The number of primary amides is 1. The van der Waals surface area contributed by atoms with Crippen molar-refractivity contribution in [2.24, 2.45) is 5.73 Å². The Bertz CT molecular complexity index is 354. The summed E-state index contributed by atoms with van der Waals surface area (Å²) in [5, 5.41) is 8.74. The van der Waals surface area contributed by atoms with E-state index >= 15 is 0 Å². The number of carbonyl (C=O) groups excluding carboxylic acids is 1. The van der Waals surface area contributed by atoms with Crippen LogP contribution in [-0.4, -0.2) is 39.0 Å². The van der Waals surface area contributed by atoms with Gasteiger partial charge in [0.2, 0.25) is 0 Å². The normalized spacial score (nSPS) is 9.11. The molecule has 0 radical (unpaired) electrons. The number of amides is 1. The van der Waals surface area contributed by atoms with E-state index in [1.165, 1.54) is 18.4 Å². The van der Waals surface area contributed by atoms with Gasteiger partial charge in [0.05, 0.1) is 7.11 Å². The van der Waals surface area contributed by atoms with Crippen molar-refractivity contribution >= 4 is 11.8 Å². The van der Waals surface area contributed by atoms with E-state index in [1.54, 1.807) is 0 Å². The predicted molar refractivity (Wildman–Crippen MR) is 72.8 cm³/mol. The topological polar surface area (TPSA) is 75.8 Å². The third-order valence-electron chi connectivity index (χ3n) is 2.28. The van der Waals surface area contributed by atoms with Crippen molar-refractivity contribution in [2.75, 3.05) is 32.7 Å². The maximum atomic E-state index is 9.37. The molecule has 0 aliphatic carbocycles. The van der Waals surface area contributed by atoms with Crippen LogP contribution < -0.4 is 10.6 Å². The van der Waals surface area contributed by atoms with Crippen LogP contribution in [0.3, 0.4) is 0 Å². The van der Waals surface area contributed by atoms with Crippen LogP contribution in [0.2, 0.25) is 0 Å². The van der Waals surface area contributed by atoms with Crippen molar-refractivity contribution in [3.63, 3.8) is 0 Å². The van der Waals surface area contributed by atoms with Crippen LogP contribution in [0.5, 0.6) is 0 Å². The Labute approximate surface area is 108 Å². The Kier molecular flexibility index (Phi) is 8.39. The fourth-order valence-corrected chi connectivity index (χ4v) is 1.43. The number of hydrogen-bond acceptors (Lipinski definition) is 4. The second-order valence-electron chi connectivity index (χ2n) is 3.87. The van der Waals surface area contributed by atoms with E-state index in [0.29, 0.717) is 0 Å². The Morgan fingerprint density at radius 1 is 1.39 bits per heavy atom. The zero-order chi connectivity index (χ0) is 14.0. The molecule has 0 saturated carbocycles. The fourth-order valence-electron chi connectivity index (χ4n) is 1.43. The Balaban J connectivity index is 0.000000494. The number of anilines is 1. The number of nitrogens with zero attached hydrogens (tertiary/aromatic N) is 1. The lowest BCUT2D eigenvalue weighted by molar-refractivity contribution is 0.182. The highest BCUT2D eigenvalue weighted by Crippen LogP contribution is 2.18. The van der Waals surface area contributed by atoms with Crippen LogP contribution in [-0.2, 0) is 11.2 Å². The third kappa shape index (κ3) is 6.75. The molecule has 0 aliphatic heterocycles. The highest BCUT2D eigenvalue weighted by Gasteiger charge is 2.01. The van der Waals surface area contributed by atoms with Crippen LogP contribution in [0.25, 0.3) is 0 Å². The SMILES string of the molecule is CN(C)c1ccccc1CCCO.COC(N)=O. The standard InChI is InChI=1S/C11H17NO.C2H5NO2/c1-12(2)11-8-4-3-6-10(11)7-5-9-13;1-5-2(3)4/h3-4,6,8,13H,5,7,9H2,1-2H3;1H3,(H2,3,4). The van der Waals surface area contributed by atoms with Gasteiger partial charge in [0, 0.05) is 26.4 Å². The van der Waals surface area contributed by atoms with Crippen molar-refractivity contribution in [3.05, 3.63) is 29.8 Å². The number of benzene rings is 1. The van der Waals surface area contributed by atoms with Gasteiger partial charge in [0.1, 0.15) is 0 Å². The smallest absolute Gasteiger partial charge is 0.404 e. The van der Waals surface area contributed by atoms with E-state index in [1.807, 2.05) is 26.2 Å². The quantitative estimate of drug-likeness (QED) is 0.851. The first-order valence-corrected chi connectivity index (χ1v) is 5.72. The van der Waals surface area contributed by atoms with E-state index in [-0.39, 0.29) is 6.61 Å². The van der Waals surface area contributed by atoms with E-state index in [4.69, 9.17) is 5.11 Å². The molecule has 102 valence electrons. The number of methoxy groups -OCH3 is 1. The first-order chi connectivity index (χ1) is 8.52. The van der Waals surface area contributed by atoms with Gasteiger partial charge in [-0.2, -0.15) is 0 Å². The summed E-state index contributed by atoms with van der Waals surface area (Å²) in [5.74, 6) is 0. The molecule has 0 unspecified atom stereocenters. The number of para-hydroxylation sites is 1. The number of aliphatic hydroxyl groups is 1. The molecule has 0 aromatic heterocycles. The summed E-state index contributed by atoms with van der Waals surface area (Å²) in [6.45, 7) is 0.266. The molecule has 5 nitrogen and oxygen atoms in total. The van der Waals surface area contributed by atoms with Gasteiger partial charge in [-0.25, -0.2) is 4.79 Å². The average molecular weight is 254 g/mol. The van der Waals surface area contributed by atoms with Crippen molar-refractivity contribution in [1.29, 1.82) is 0 Å². The molecule has 1 aromatic carbocycles. The Morgan fingerprint density at radius 2 is 1.94 bits per heavy atom. The van der Waals surface area contributed by atoms with Gasteiger partial charge < -0.3 is 20.5 Å². The van der Waals surface area contributed by atoms with Crippen LogP contribution in [0, 0.1) is 0 Å². The van der Waals surface area contributed by atoms with Crippen LogP contribution in [0.15, 0.2) is 24.3 Å². The van der Waals surface area contributed by atoms with E-state index in [0.717, 1.165) is 12.8 Å². The van der Waals surface area contributed by atoms with Gasteiger partial charge in [-0.15, -0.1) is 0 Å². The number of aliphatic hydroxyl groups excluding tert-OH is 1. The lowest BCUT2D eigenvalue weighted by Gasteiger charge is -2.16. The first-order valence-electron chi connectivity index (χ1n) is 5.72. The molecular formula is C13H22N2O3. The van der Waals surface area contributed by atoms with Crippen LogP contribution in [0.4, 0.5) is 10.5 Å². The average Bonchev–Trinajstić information content (AvgIpc) is 2.37. The maximum Gasteiger partial charge on any atom is 0.404 e. The zero-order valence-electron chi connectivity index (χ0n) is 11.2. The number of hydrogen-bond donors (Lipinski definition) is 2. The Morgan fingerprint density at radius 3 is 2.39 bits per heavy atom. The number of carbonyl (C=O) groups is 1. The molecule has 0 bridgehead atoms. The number of aryl methyl sites for hydroxylation is 1. The zero-order valence-corrected chi connectivity index (χ0v) is 11.2.